The van der Waals surface area contributed by atoms with Crippen molar-refractivity contribution < 1.29 is 0 Å². The lowest BCUT2D eigenvalue weighted by molar-refractivity contribution is 0.178. The molecule has 108 valence electrons. The molecule has 0 saturated carbocycles. The molecule has 1 aromatic heterocycles. The van der Waals surface area contributed by atoms with Crippen LogP contribution in [0.15, 0.2) is 24.3 Å². The van der Waals surface area contributed by atoms with Crippen molar-refractivity contribution >= 4 is 17.0 Å². The molecule has 1 aliphatic rings. The zero-order valence-electron chi connectivity index (χ0n) is 12.5. The molecule has 0 amide bonds. The molecule has 1 unspecified atom stereocenters. The van der Waals surface area contributed by atoms with E-state index in [4.69, 9.17) is 0 Å². The molecule has 4 nitrogen and oxygen atoms in total. The molecule has 20 heavy (non-hydrogen) atoms. The second-order valence-corrected chi connectivity index (χ2v) is 5.92. The van der Waals surface area contributed by atoms with E-state index < -0.39 is 0 Å². The second kappa shape index (κ2) is 5.83. The van der Waals surface area contributed by atoms with Gasteiger partial charge in [0.25, 0.3) is 0 Å². The molecule has 2 aromatic rings. The topological polar surface area (TPSA) is 35.2 Å². The first-order chi connectivity index (χ1) is 9.74. The van der Waals surface area contributed by atoms with E-state index in [1.807, 2.05) is 12.1 Å². The number of piperidine rings is 1. The number of nitrogens with zero attached hydrogens (tertiary/aromatic N) is 3. The summed E-state index contributed by atoms with van der Waals surface area (Å²) < 4.78 is 0. The van der Waals surface area contributed by atoms with Gasteiger partial charge < -0.3 is 14.8 Å². The fourth-order valence-electron chi connectivity index (χ4n) is 3.08. The van der Waals surface area contributed by atoms with Crippen LogP contribution in [0.3, 0.4) is 0 Å². The zero-order chi connectivity index (χ0) is 13.9. The largest absolute Gasteiger partial charge is 0.345 e. The van der Waals surface area contributed by atoms with Crippen LogP contribution in [-0.2, 0) is 0 Å². The summed E-state index contributed by atoms with van der Waals surface area (Å²) >= 11 is 0. The van der Waals surface area contributed by atoms with Crippen molar-refractivity contribution in [3.05, 3.63) is 24.3 Å². The second-order valence-electron chi connectivity index (χ2n) is 5.92. The van der Waals surface area contributed by atoms with Crippen LogP contribution in [0.5, 0.6) is 0 Å². The fourth-order valence-corrected chi connectivity index (χ4v) is 3.08. The van der Waals surface area contributed by atoms with E-state index in [0.29, 0.717) is 0 Å². The molecule has 1 aliphatic heterocycles. The van der Waals surface area contributed by atoms with E-state index in [1.165, 1.54) is 32.2 Å². The minimum absolute atomic E-state index is 0.732. The lowest BCUT2D eigenvalue weighted by Gasteiger charge is -2.33. The number of aromatic amines is 1. The number of rotatable bonds is 4. The van der Waals surface area contributed by atoms with Crippen molar-refractivity contribution in [1.82, 2.24) is 14.9 Å². The number of hydrogen-bond donors (Lipinski definition) is 1. The van der Waals surface area contributed by atoms with Crippen LogP contribution in [0.25, 0.3) is 11.0 Å². The molecule has 1 aromatic carbocycles. The molecule has 1 atom stereocenters. The highest BCUT2D eigenvalue weighted by Gasteiger charge is 2.19. The van der Waals surface area contributed by atoms with Gasteiger partial charge >= 0.3 is 0 Å². The highest BCUT2D eigenvalue weighted by Crippen LogP contribution is 2.20. The number of hydrogen-bond acceptors (Lipinski definition) is 3. The standard InChI is InChI=1S/C16H24N4/c1-19-11-6-5-7-13(19)10-12-20(2)16-17-14-8-3-4-9-15(14)18-16/h3-4,8-9,13H,5-7,10-12H2,1-2H3,(H,17,18). The predicted molar refractivity (Wildman–Crippen MR) is 84.2 cm³/mol. The molecule has 1 N–H and O–H groups in total. The van der Waals surface area contributed by atoms with Gasteiger partial charge in [0.05, 0.1) is 11.0 Å². The first-order valence-electron chi connectivity index (χ1n) is 7.60. The number of H-pyrrole nitrogens is 1. The molecule has 2 heterocycles. The van der Waals surface area contributed by atoms with E-state index in [1.54, 1.807) is 0 Å². The Morgan fingerprint density at radius 1 is 1.35 bits per heavy atom. The summed E-state index contributed by atoms with van der Waals surface area (Å²) in [6.07, 6.45) is 5.28. The number of nitrogens with one attached hydrogen (secondary N) is 1. The van der Waals surface area contributed by atoms with Crippen LogP contribution in [0.2, 0.25) is 0 Å². The Morgan fingerprint density at radius 3 is 3.00 bits per heavy atom. The maximum absolute atomic E-state index is 4.65. The van der Waals surface area contributed by atoms with Crippen molar-refractivity contribution in [2.75, 3.05) is 32.1 Å². The number of likely N-dealkylation sites (tertiary alicyclic amines) is 1. The monoisotopic (exact) mass is 272 g/mol. The predicted octanol–water partition coefficient (Wildman–Crippen LogP) is 2.87. The van der Waals surface area contributed by atoms with Gasteiger partial charge in [-0.05, 0) is 45.0 Å². The van der Waals surface area contributed by atoms with Gasteiger partial charge in [0, 0.05) is 19.6 Å². The SMILES string of the molecule is CN(CCC1CCCCN1C)c1nc2ccccc2[nH]1. The quantitative estimate of drug-likeness (QED) is 0.929. The van der Waals surface area contributed by atoms with E-state index in [-0.39, 0.29) is 0 Å². The van der Waals surface area contributed by atoms with Gasteiger partial charge in [-0.2, -0.15) is 0 Å². The Morgan fingerprint density at radius 2 is 2.20 bits per heavy atom. The highest BCUT2D eigenvalue weighted by atomic mass is 15.2. The Balaban J connectivity index is 1.62. The average Bonchev–Trinajstić information content (AvgIpc) is 2.90. The minimum atomic E-state index is 0.732. The molecule has 0 spiro atoms. The molecule has 0 aliphatic carbocycles. The lowest BCUT2D eigenvalue weighted by Crippen LogP contribution is -2.38. The third-order valence-electron chi connectivity index (χ3n) is 4.46. The van der Waals surface area contributed by atoms with Gasteiger partial charge in [0.1, 0.15) is 0 Å². The van der Waals surface area contributed by atoms with Crippen molar-refractivity contribution in [2.24, 2.45) is 0 Å². The molecule has 1 saturated heterocycles. The third-order valence-corrected chi connectivity index (χ3v) is 4.46. The van der Waals surface area contributed by atoms with Crippen LogP contribution < -0.4 is 4.90 Å². The van der Waals surface area contributed by atoms with E-state index >= 15 is 0 Å². The normalized spacial score (nSPS) is 20.4. The molecule has 4 heteroatoms. The smallest absolute Gasteiger partial charge is 0.203 e. The first-order valence-corrected chi connectivity index (χ1v) is 7.60. The van der Waals surface area contributed by atoms with Gasteiger partial charge in [-0.15, -0.1) is 0 Å². The molecular weight excluding hydrogens is 248 g/mol. The van der Waals surface area contributed by atoms with Crippen LogP contribution in [0, 0.1) is 0 Å². The third kappa shape index (κ3) is 2.80. The van der Waals surface area contributed by atoms with Gasteiger partial charge in [0.2, 0.25) is 5.95 Å². The van der Waals surface area contributed by atoms with Crippen LogP contribution in [0.4, 0.5) is 5.95 Å². The Hall–Kier alpha value is -1.55. The number of para-hydroxylation sites is 2. The summed E-state index contributed by atoms with van der Waals surface area (Å²) in [6, 6.07) is 8.94. The summed E-state index contributed by atoms with van der Waals surface area (Å²) in [5.74, 6) is 0.977. The summed E-state index contributed by atoms with van der Waals surface area (Å²) in [5, 5.41) is 0. The molecule has 0 radical (unpaired) electrons. The summed E-state index contributed by atoms with van der Waals surface area (Å²) in [7, 11) is 4.38. The summed E-state index contributed by atoms with van der Waals surface area (Å²) in [6.45, 7) is 2.30. The van der Waals surface area contributed by atoms with E-state index in [9.17, 15) is 0 Å². The number of imidazole rings is 1. The lowest BCUT2D eigenvalue weighted by atomic mass is 10.00. The maximum Gasteiger partial charge on any atom is 0.203 e. The van der Waals surface area contributed by atoms with Gasteiger partial charge in [-0.25, -0.2) is 4.98 Å². The van der Waals surface area contributed by atoms with Gasteiger partial charge in [-0.3, -0.25) is 0 Å². The van der Waals surface area contributed by atoms with Crippen LogP contribution >= 0.6 is 0 Å². The molecule has 3 rings (SSSR count). The zero-order valence-corrected chi connectivity index (χ0v) is 12.5. The van der Waals surface area contributed by atoms with Crippen molar-refractivity contribution in [3.63, 3.8) is 0 Å². The summed E-state index contributed by atoms with van der Waals surface area (Å²) in [5.41, 5.74) is 2.16. The van der Waals surface area contributed by atoms with Crippen LogP contribution in [0.1, 0.15) is 25.7 Å². The average molecular weight is 272 g/mol. The molecular formula is C16H24N4. The number of benzene rings is 1. The molecule has 1 fully saturated rings. The van der Waals surface area contributed by atoms with Crippen molar-refractivity contribution in [2.45, 2.75) is 31.7 Å². The van der Waals surface area contributed by atoms with E-state index in [2.05, 4.69) is 46.0 Å². The number of anilines is 1. The Bertz CT molecular complexity index is 529. The van der Waals surface area contributed by atoms with Crippen molar-refractivity contribution in [3.8, 4) is 0 Å². The number of aromatic nitrogens is 2. The molecule has 0 bridgehead atoms. The maximum atomic E-state index is 4.65. The minimum Gasteiger partial charge on any atom is -0.345 e. The van der Waals surface area contributed by atoms with Crippen LogP contribution in [-0.4, -0.2) is 48.1 Å². The van der Waals surface area contributed by atoms with E-state index in [0.717, 1.165) is 29.6 Å². The summed E-state index contributed by atoms with van der Waals surface area (Å²) in [4.78, 5) is 12.8. The van der Waals surface area contributed by atoms with Crippen molar-refractivity contribution in [1.29, 1.82) is 0 Å². The Labute approximate surface area is 120 Å². The highest BCUT2D eigenvalue weighted by molar-refractivity contribution is 5.77. The van der Waals surface area contributed by atoms with Gasteiger partial charge in [0.15, 0.2) is 0 Å². The van der Waals surface area contributed by atoms with Gasteiger partial charge in [-0.1, -0.05) is 18.6 Å². The first kappa shape index (κ1) is 13.4. The number of fused-ring (bicyclic) bond motifs is 1. The Kier molecular flexibility index (Phi) is 3.92. The fraction of sp³-hybridized carbons (Fsp3) is 0.562.